The standard InChI is InChI=1S/C23H27FN4O3/c24-17-7-9-18(10-8-17)25-21(29)16-28-11-3-6-20(23(28)31)22(30)27-14-12-26(13-15-27)19-4-1-2-5-19/h3,6-11,19H,1-2,4-5,12-16H2,(H,25,29). The van der Waals surface area contributed by atoms with E-state index in [4.69, 9.17) is 0 Å². The monoisotopic (exact) mass is 426 g/mol. The number of pyridine rings is 1. The molecular formula is C23H27FN4O3. The minimum absolute atomic E-state index is 0.0754. The number of nitrogens with zero attached hydrogens (tertiary/aromatic N) is 3. The summed E-state index contributed by atoms with van der Waals surface area (Å²) in [5.41, 5.74) is 0.0261. The van der Waals surface area contributed by atoms with Gasteiger partial charge in [-0.05, 0) is 49.2 Å². The third-order valence-corrected chi connectivity index (χ3v) is 6.14. The number of nitrogens with one attached hydrogen (secondary N) is 1. The Hall–Kier alpha value is -3.00. The van der Waals surface area contributed by atoms with Gasteiger partial charge in [0.25, 0.3) is 11.5 Å². The fraction of sp³-hybridized carbons (Fsp3) is 0.435. The summed E-state index contributed by atoms with van der Waals surface area (Å²) in [5, 5.41) is 2.62. The van der Waals surface area contributed by atoms with E-state index in [0.717, 1.165) is 13.1 Å². The molecule has 2 amide bonds. The number of carbonyl (C=O) groups excluding carboxylic acids is 2. The van der Waals surface area contributed by atoms with Gasteiger partial charge in [0.15, 0.2) is 0 Å². The molecule has 1 saturated heterocycles. The second-order valence-electron chi connectivity index (χ2n) is 8.18. The molecule has 31 heavy (non-hydrogen) atoms. The van der Waals surface area contributed by atoms with E-state index in [1.807, 2.05) is 0 Å². The lowest BCUT2D eigenvalue weighted by Gasteiger charge is -2.38. The largest absolute Gasteiger partial charge is 0.336 e. The number of hydrogen-bond acceptors (Lipinski definition) is 4. The highest BCUT2D eigenvalue weighted by atomic mass is 19.1. The topological polar surface area (TPSA) is 74.7 Å². The Bertz CT molecular complexity index is 991. The molecule has 2 aromatic rings. The molecular weight excluding hydrogens is 399 g/mol. The second kappa shape index (κ2) is 9.43. The highest BCUT2D eigenvalue weighted by molar-refractivity contribution is 5.94. The first kappa shape index (κ1) is 21.2. The molecule has 4 rings (SSSR count). The van der Waals surface area contributed by atoms with Crippen molar-refractivity contribution >= 4 is 17.5 Å². The van der Waals surface area contributed by atoms with Gasteiger partial charge in [0.1, 0.15) is 17.9 Å². The third kappa shape index (κ3) is 5.02. The van der Waals surface area contributed by atoms with Crippen molar-refractivity contribution in [3.63, 3.8) is 0 Å². The van der Waals surface area contributed by atoms with Crippen molar-refractivity contribution in [1.29, 1.82) is 0 Å². The van der Waals surface area contributed by atoms with E-state index in [2.05, 4.69) is 10.2 Å². The lowest BCUT2D eigenvalue weighted by atomic mass is 10.1. The first-order valence-corrected chi connectivity index (χ1v) is 10.8. The Balaban J connectivity index is 1.38. The third-order valence-electron chi connectivity index (χ3n) is 6.14. The summed E-state index contributed by atoms with van der Waals surface area (Å²) >= 11 is 0. The van der Waals surface area contributed by atoms with Crippen LogP contribution in [0.3, 0.4) is 0 Å². The molecule has 0 spiro atoms. The zero-order valence-electron chi connectivity index (χ0n) is 17.4. The first-order valence-electron chi connectivity index (χ1n) is 10.8. The van der Waals surface area contributed by atoms with Gasteiger partial charge < -0.3 is 14.8 Å². The number of benzene rings is 1. The number of hydrogen-bond donors (Lipinski definition) is 1. The molecule has 0 unspecified atom stereocenters. The molecule has 164 valence electrons. The maximum Gasteiger partial charge on any atom is 0.263 e. The number of anilines is 1. The Morgan fingerprint density at radius 3 is 2.35 bits per heavy atom. The summed E-state index contributed by atoms with van der Waals surface area (Å²) in [6.07, 6.45) is 6.51. The Kier molecular flexibility index (Phi) is 6.46. The van der Waals surface area contributed by atoms with Crippen LogP contribution in [-0.2, 0) is 11.3 Å². The molecule has 7 nitrogen and oxygen atoms in total. The van der Waals surface area contributed by atoms with Gasteiger partial charge in [0, 0.05) is 44.1 Å². The number of carbonyl (C=O) groups is 2. The molecule has 0 atom stereocenters. The summed E-state index contributed by atoms with van der Waals surface area (Å²) in [4.78, 5) is 42.3. The van der Waals surface area contributed by atoms with Gasteiger partial charge in [-0.15, -0.1) is 0 Å². The molecule has 1 aliphatic heterocycles. The quantitative estimate of drug-likeness (QED) is 0.796. The van der Waals surface area contributed by atoms with Crippen LogP contribution in [0.1, 0.15) is 36.0 Å². The zero-order chi connectivity index (χ0) is 21.8. The van der Waals surface area contributed by atoms with Gasteiger partial charge in [-0.25, -0.2) is 4.39 Å². The molecule has 2 aliphatic rings. The van der Waals surface area contributed by atoms with Crippen molar-refractivity contribution in [1.82, 2.24) is 14.4 Å². The molecule has 2 fully saturated rings. The molecule has 0 bridgehead atoms. The van der Waals surface area contributed by atoms with Crippen LogP contribution in [0.5, 0.6) is 0 Å². The van der Waals surface area contributed by atoms with Crippen LogP contribution < -0.4 is 10.9 Å². The molecule has 1 aromatic carbocycles. The van der Waals surface area contributed by atoms with E-state index in [9.17, 15) is 18.8 Å². The minimum Gasteiger partial charge on any atom is -0.336 e. The van der Waals surface area contributed by atoms with Gasteiger partial charge in [0.05, 0.1) is 0 Å². The minimum atomic E-state index is -0.486. The number of rotatable bonds is 5. The van der Waals surface area contributed by atoms with Crippen molar-refractivity contribution < 1.29 is 14.0 Å². The molecule has 1 saturated carbocycles. The van der Waals surface area contributed by atoms with Gasteiger partial charge in [-0.1, -0.05) is 12.8 Å². The van der Waals surface area contributed by atoms with Crippen LogP contribution in [0, 0.1) is 5.82 Å². The summed E-state index contributed by atoms with van der Waals surface area (Å²) in [7, 11) is 0. The van der Waals surface area contributed by atoms with Gasteiger partial charge in [0.2, 0.25) is 5.91 Å². The van der Waals surface area contributed by atoms with E-state index < -0.39 is 17.3 Å². The maximum atomic E-state index is 13.0. The number of amides is 2. The lowest BCUT2D eigenvalue weighted by Crippen LogP contribution is -2.52. The summed E-state index contributed by atoms with van der Waals surface area (Å²) in [6, 6.07) is 9.13. The van der Waals surface area contributed by atoms with Crippen LogP contribution in [-0.4, -0.2) is 58.4 Å². The van der Waals surface area contributed by atoms with Crippen molar-refractivity contribution in [2.75, 3.05) is 31.5 Å². The summed E-state index contributed by atoms with van der Waals surface area (Å²) in [5.74, 6) is -1.11. The van der Waals surface area contributed by atoms with Crippen molar-refractivity contribution in [2.45, 2.75) is 38.3 Å². The van der Waals surface area contributed by atoms with Crippen LogP contribution >= 0.6 is 0 Å². The first-order chi connectivity index (χ1) is 15.0. The zero-order valence-corrected chi connectivity index (χ0v) is 17.4. The smallest absolute Gasteiger partial charge is 0.263 e. The van der Waals surface area contributed by atoms with Crippen LogP contribution in [0.25, 0.3) is 0 Å². The highest BCUT2D eigenvalue weighted by Crippen LogP contribution is 2.24. The molecule has 1 N–H and O–H groups in total. The Labute approximate surface area is 180 Å². The fourth-order valence-corrected chi connectivity index (χ4v) is 4.44. The van der Waals surface area contributed by atoms with Crippen LogP contribution in [0.2, 0.25) is 0 Å². The van der Waals surface area contributed by atoms with E-state index in [-0.39, 0.29) is 18.0 Å². The predicted molar refractivity (Wildman–Crippen MR) is 115 cm³/mol. The number of halogens is 1. The number of piperazine rings is 1. The predicted octanol–water partition coefficient (Wildman–Crippen LogP) is 2.33. The summed E-state index contributed by atoms with van der Waals surface area (Å²) < 4.78 is 14.2. The Morgan fingerprint density at radius 1 is 1.00 bits per heavy atom. The highest BCUT2D eigenvalue weighted by Gasteiger charge is 2.29. The SMILES string of the molecule is O=C(Cn1cccc(C(=O)N2CCN(C3CCCC3)CC2)c1=O)Nc1ccc(F)cc1. The normalized spacial score (nSPS) is 17.6. The molecule has 1 aliphatic carbocycles. The average Bonchev–Trinajstić information content (AvgIpc) is 3.31. The van der Waals surface area contributed by atoms with Crippen LogP contribution in [0.4, 0.5) is 10.1 Å². The van der Waals surface area contributed by atoms with Crippen LogP contribution in [0.15, 0.2) is 47.4 Å². The van der Waals surface area contributed by atoms with E-state index >= 15 is 0 Å². The van der Waals surface area contributed by atoms with Gasteiger partial charge in [-0.3, -0.25) is 19.3 Å². The van der Waals surface area contributed by atoms with E-state index in [1.165, 1.54) is 66.8 Å². The molecule has 1 aromatic heterocycles. The van der Waals surface area contributed by atoms with Gasteiger partial charge >= 0.3 is 0 Å². The molecule has 8 heteroatoms. The average molecular weight is 426 g/mol. The van der Waals surface area contributed by atoms with Crippen molar-refractivity contribution in [3.05, 3.63) is 64.3 Å². The van der Waals surface area contributed by atoms with Crippen molar-refractivity contribution in [2.24, 2.45) is 0 Å². The molecule has 2 heterocycles. The Morgan fingerprint density at radius 2 is 1.68 bits per heavy atom. The van der Waals surface area contributed by atoms with E-state index in [0.29, 0.717) is 24.8 Å². The lowest BCUT2D eigenvalue weighted by molar-refractivity contribution is -0.116. The summed E-state index contributed by atoms with van der Waals surface area (Å²) in [6.45, 7) is 2.64. The molecule has 0 radical (unpaired) electrons. The maximum absolute atomic E-state index is 13.0. The second-order valence-corrected chi connectivity index (χ2v) is 8.18. The van der Waals surface area contributed by atoms with Gasteiger partial charge in [-0.2, -0.15) is 0 Å². The fourth-order valence-electron chi connectivity index (χ4n) is 4.44. The number of aromatic nitrogens is 1. The van der Waals surface area contributed by atoms with E-state index in [1.54, 1.807) is 11.0 Å². The van der Waals surface area contributed by atoms with Crippen molar-refractivity contribution in [3.8, 4) is 0 Å².